The first-order valence-electron chi connectivity index (χ1n) is 4.75. The van der Waals surface area contributed by atoms with Crippen LogP contribution in [-0.4, -0.2) is 14.3 Å². The number of pyridine rings is 1. The molecule has 0 spiro atoms. The Morgan fingerprint density at radius 3 is 2.73 bits per heavy atom. The minimum absolute atomic E-state index is 0.0371. The third-order valence-corrected chi connectivity index (χ3v) is 2.96. The van der Waals surface area contributed by atoms with Crippen LogP contribution in [0.2, 0.25) is 0 Å². The number of fused-ring (bicyclic) bond motifs is 1. The zero-order valence-corrected chi connectivity index (χ0v) is 10.4. The molecule has 2 aromatic heterocycles. The molecule has 0 aromatic carbocycles. The van der Waals surface area contributed by atoms with Crippen molar-refractivity contribution in [2.45, 2.75) is 19.9 Å². The van der Waals surface area contributed by atoms with Crippen LogP contribution >= 0.6 is 15.9 Å². The van der Waals surface area contributed by atoms with E-state index >= 15 is 0 Å². The van der Waals surface area contributed by atoms with Gasteiger partial charge in [-0.15, -0.1) is 0 Å². The first-order valence-corrected chi connectivity index (χ1v) is 5.54. The van der Waals surface area contributed by atoms with Gasteiger partial charge in [-0.05, 0) is 35.8 Å². The Morgan fingerprint density at radius 2 is 2.13 bits per heavy atom. The van der Waals surface area contributed by atoms with Gasteiger partial charge < -0.3 is 0 Å². The van der Waals surface area contributed by atoms with E-state index in [1.165, 1.54) is 0 Å². The third kappa shape index (κ3) is 1.51. The Bertz CT molecular complexity index is 568. The van der Waals surface area contributed by atoms with Crippen molar-refractivity contribution in [3.05, 3.63) is 27.1 Å². The second kappa shape index (κ2) is 3.48. The summed E-state index contributed by atoms with van der Waals surface area (Å²) in [6.07, 6.45) is 1.78. The Balaban J connectivity index is 2.92. The molecule has 80 valence electrons. The molecule has 0 fully saturated rings. The fourth-order valence-electron chi connectivity index (χ4n) is 1.65. The van der Waals surface area contributed by atoms with Gasteiger partial charge in [-0.25, -0.2) is 4.68 Å². The fourth-order valence-corrected chi connectivity index (χ4v) is 2.16. The second-order valence-corrected chi connectivity index (χ2v) is 4.67. The van der Waals surface area contributed by atoms with Crippen molar-refractivity contribution in [1.29, 1.82) is 0 Å². The summed E-state index contributed by atoms with van der Waals surface area (Å²) in [5, 5.41) is 5.24. The molecule has 0 radical (unpaired) electrons. The molecule has 2 heterocycles. The van der Waals surface area contributed by atoms with Crippen LogP contribution in [-0.2, 0) is 7.05 Å². The van der Waals surface area contributed by atoms with Crippen molar-refractivity contribution in [3.8, 4) is 0 Å². The quantitative estimate of drug-likeness (QED) is 0.795. The fraction of sp³-hybridized carbons (Fsp3) is 0.400. The maximum absolute atomic E-state index is 11.7. The van der Waals surface area contributed by atoms with E-state index in [4.69, 9.17) is 0 Å². The molecular weight excluding hydrogens is 258 g/mol. The van der Waals surface area contributed by atoms with Crippen LogP contribution in [0.1, 0.15) is 19.9 Å². The lowest BCUT2D eigenvalue weighted by atomic mass is 10.3. The van der Waals surface area contributed by atoms with Crippen molar-refractivity contribution in [1.82, 2.24) is 14.3 Å². The summed E-state index contributed by atoms with van der Waals surface area (Å²) in [5.74, 6) is 0. The molecule has 0 aliphatic carbocycles. The van der Waals surface area contributed by atoms with Gasteiger partial charge >= 0.3 is 0 Å². The normalized spacial score (nSPS) is 11.5. The molecule has 2 rings (SSSR count). The van der Waals surface area contributed by atoms with Crippen molar-refractivity contribution in [3.63, 3.8) is 0 Å². The molecule has 0 N–H and O–H groups in total. The standard InChI is InChI=1S/C10H12BrN3O/c1-6(2)14-9-7(5-12-14)4-8(11)10(15)13(9)3/h4-6H,1-3H3. The Hall–Kier alpha value is -1.10. The first kappa shape index (κ1) is 10.4. The summed E-state index contributed by atoms with van der Waals surface area (Å²) in [6.45, 7) is 4.08. The zero-order chi connectivity index (χ0) is 11.2. The summed E-state index contributed by atoms with van der Waals surface area (Å²) >= 11 is 3.24. The van der Waals surface area contributed by atoms with Gasteiger partial charge in [0.15, 0.2) is 0 Å². The van der Waals surface area contributed by atoms with E-state index in [0.29, 0.717) is 4.47 Å². The number of hydrogen-bond acceptors (Lipinski definition) is 2. The van der Waals surface area contributed by atoms with Gasteiger partial charge in [0.25, 0.3) is 5.56 Å². The number of nitrogens with zero attached hydrogens (tertiary/aromatic N) is 3. The van der Waals surface area contributed by atoms with Crippen molar-refractivity contribution in [2.24, 2.45) is 7.05 Å². The Labute approximate surface area is 95.6 Å². The average Bonchev–Trinajstić information content (AvgIpc) is 2.58. The summed E-state index contributed by atoms with van der Waals surface area (Å²) in [4.78, 5) is 11.7. The minimum Gasteiger partial charge on any atom is -0.295 e. The maximum Gasteiger partial charge on any atom is 0.266 e. The third-order valence-electron chi connectivity index (χ3n) is 2.39. The molecule has 15 heavy (non-hydrogen) atoms. The van der Waals surface area contributed by atoms with Gasteiger partial charge in [-0.3, -0.25) is 9.36 Å². The number of hydrogen-bond donors (Lipinski definition) is 0. The van der Waals surface area contributed by atoms with E-state index in [-0.39, 0.29) is 11.6 Å². The van der Waals surface area contributed by atoms with Gasteiger partial charge in [-0.2, -0.15) is 5.10 Å². The first-order chi connectivity index (χ1) is 7.02. The van der Waals surface area contributed by atoms with E-state index in [9.17, 15) is 4.79 Å². The topological polar surface area (TPSA) is 39.8 Å². The molecule has 0 atom stereocenters. The highest BCUT2D eigenvalue weighted by molar-refractivity contribution is 9.10. The summed E-state index contributed by atoms with van der Waals surface area (Å²) in [5.41, 5.74) is 0.822. The lowest BCUT2D eigenvalue weighted by Crippen LogP contribution is -2.20. The number of aryl methyl sites for hydroxylation is 1. The highest BCUT2D eigenvalue weighted by Crippen LogP contribution is 2.18. The molecular formula is C10H12BrN3O. The molecule has 5 heteroatoms. The number of rotatable bonds is 1. The van der Waals surface area contributed by atoms with Crippen LogP contribution in [0.15, 0.2) is 21.5 Å². The van der Waals surface area contributed by atoms with Crippen LogP contribution < -0.4 is 5.56 Å². The lowest BCUT2D eigenvalue weighted by molar-refractivity contribution is 0.538. The highest BCUT2D eigenvalue weighted by atomic mass is 79.9. The molecule has 4 nitrogen and oxygen atoms in total. The van der Waals surface area contributed by atoms with Crippen LogP contribution in [0, 0.1) is 0 Å². The van der Waals surface area contributed by atoms with Crippen molar-refractivity contribution < 1.29 is 0 Å². The van der Waals surface area contributed by atoms with Crippen LogP contribution in [0.3, 0.4) is 0 Å². The van der Waals surface area contributed by atoms with Crippen molar-refractivity contribution >= 4 is 27.0 Å². The van der Waals surface area contributed by atoms with Crippen LogP contribution in [0.4, 0.5) is 0 Å². The van der Waals surface area contributed by atoms with Crippen molar-refractivity contribution in [2.75, 3.05) is 0 Å². The molecule has 0 saturated heterocycles. The van der Waals surface area contributed by atoms with E-state index in [1.54, 1.807) is 17.8 Å². The summed E-state index contributed by atoms with van der Waals surface area (Å²) < 4.78 is 4.04. The second-order valence-electron chi connectivity index (χ2n) is 3.82. The summed E-state index contributed by atoms with van der Waals surface area (Å²) in [6, 6.07) is 2.05. The smallest absolute Gasteiger partial charge is 0.266 e. The van der Waals surface area contributed by atoms with Gasteiger partial charge in [-0.1, -0.05) is 0 Å². The molecule has 0 unspecified atom stereocenters. The predicted molar refractivity (Wildman–Crippen MR) is 63.1 cm³/mol. The highest BCUT2D eigenvalue weighted by Gasteiger charge is 2.11. The monoisotopic (exact) mass is 269 g/mol. The lowest BCUT2D eigenvalue weighted by Gasteiger charge is -2.10. The minimum atomic E-state index is -0.0371. The Kier molecular flexibility index (Phi) is 2.42. The SMILES string of the molecule is CC(C)n1ncc2cc(Br)c(=O)n(C)c21. The predicted octanol–water partition coefficient (Wildman–Crippen LogP) is 2.08. The van der Waals surface area contributed by atoms with E-state index in [1.807, 2.05) is 24.6 Å². The average molecular weight is 270 g/mol. The zero-order valence-electron chi connectivity index (χ0n) is 8.86. The molecule has 0 bridgehead atoms. The van der Waals surface area contributed by atoms with Gasteiger partial charge in [0, 0.05) is 18.5 Å². The van der Waals surface area contributed by atoms with Crippen LogP contribution in [0.5, 0.6) is 0 Å². The number of aromatic nitrogens is 3. The van der Waals surface area contributed by atoms with Crippen LogP contribution in [0.25, 0.3) is 11.0 Å². The van der Waals surface area contributed by atoms with E-state index in [0.717, 1.165) is 11.0 Å². The van der Waals surface area contributed by atoms with Gasteiger partial charge in [0.05, 0.1) is 10.7 Å². The molecule has 0 saturated carbocycles. The maximum atomic E-state index is 11.7. The molecule has 0 aliphatic heterocycles. The number of halogens is 1. The largest absolute Gasteiger partial charge is 0.295 e. The molecule has 0 aliphatic rings. The molecule has 2 aromatic rings. The van der Waals surface area contributed by atoms with Gasteiger partial charge in [0.1, 0.15) is 5.65 Å². The van der Waals surface area contributed by atoms with Gasteiger partial charge in [0.2, 0.25) is 0 Å². The van der Waals surface area contributed by atoms with E-state index in [2.05, 4.69) is 21.0 Å². The van der Waals surface area contributed by atoms with E-state index < -0.39 is 0 Å². The summed E-state index contributed by atoms with van der Waals surface area (Å²) in [7, 11) is 1.76. The molecule has 0 amide bonds. The Morgan fingerprint density at radius 1 is 1.47 bits per heavy atom.